The van der Waals surface area contributed by atoms with Gasteiger partial charge in [-0.3, -0.25) is 4.79 Å². The SMILES string of the molecule is CC(N)(C(=O)c1ccc(C(F)(F)F)cc1)C(F)(F)F. The molecule has 106 valence electrons. The molecule has 1 unspecified atom stereocenters. The lowest BCUT2D eigenvalue weighted by Gasteiger charge is -2.26. The van der Waals surface area contributed by atoms with Crippen LogP contribution in [-0.2, 0) is 6.18 Å². The van der Waals surface area contributed by atoms with Crippen LogP contribution in [0.1, 0.15) is 22.8 Å². The number of ketones is 1. The second-order valence-corrected chi connectivity index (χ2v) is 4.10. The van der Waals surface area contributed by atoms with Gasteiger partial charge in [-0.05, 0) is 19.1 Å². The Kier molecular flexibility index (Phi) is 3.68. The molecule has 1 aromatic carbocycles. The molecule has 0 saturated carbocycles. The number of benzene rings is 1. The first-order valence-electron chi connectivity index (χ1n) is 4.95. The van der Waals surface area contributed by atoms with Crippen LogP contribution in [0.5, 0.6) is 0 Å². The number of hydrogen-bond acceptors (Lipinski definition) is 2. The lowest BCUT2D eigenvalue weighted by molar-refractivity contribution is -0.165. The average molecular weight is 285 g/mol. The van der Waals surface area contributed by atoms with Gasteiger partial charge in [0.2, 0.25) is 0 Å². The lowest BCUT2D eigenvalue weighted by Crippen LogP contribution is -2.57. The maximum Gasteiger partial charge on any atom is 0.416 e. The minimum atomic E-state index is -4.99. The first-order chi connectivity index (χ1) is 8.37. The summed E-state index contributed by atoms with van der Waals surface area (Å²) in [6.45, 7) is 0.465. The molecule has 0 aliphatic carbocycles. The van der Waals surface area contributed by atoms with Crippen molar-refractivity contribution in [3.8, 4) is 0 Å². The summed E-state index contributed by atoms with van der Waals surface area (Å²) in [4.78, 5) is 11.5. The van der Waals surface area contributed by atoms with Crippen LogP contribution in [0.2, 0.25) is 0 Å². The van der Waals surface area contributed by atoms with Gasteiger partial charge in [-0.15, -0.1) is 0 Å². The summed E-state index contributed by atoms with van der Waals surface area (Å²) in [6.07, 6.45) is -9.62. The van der Waals surface area contributed by atoms with E-state index in [0.29, 0.717) is 31.2 Å². The van der Waals surface area contributed by atoms with E-state index in [-0.39, 0.29) is 0 Å². The molecule has 0 fully saturated rings. The van der Waals surface area contributed by atoms with Gasteiger partial charge in [-0.2, -0.15) is 26.3 Å². The van der Waals surface area contributed by atoms with Crippen molar-refractivity contribution in [2.45, 2.75) is 24.8 Å². The van der Waals surface area contributed by atoms with Gasteiger partial charge < -0.3 is 5.73 Å². The van der Waals surface area contributed by atoms with E-state index in [9.17, 15) is 31.1 Å². The first kappa shape index (κ1) is 15.5. The lowest BCUT2D eigenvalue weighted by atomic mass is 9.91. The molecule has 0 aliphatic rings. The zero-order valence-corrected chi connectivity index (χ0v) is 9.56. The Hall–Kier alpha value is -1.57. The van der Waals surface area contributed by atoms with Crippen molar-refractivity contribution in [3.63, 3.8) is 0 Å². The highest BCUT2D eigenvalue weighted by Gasteiger charge is 2.53. The summed E-state index contributed by atoms with van der Waals surface area (Å²) in [7, 11) is 0. The molecule has 0 amide bonds. The summed E-state index contributed by atoms with van der Waals surface area (Å²) >= 11 is 0. The third-order valence-electron chi connectivity index (χ3n) is 2.53. The molecule has 0 aliphatic heterocycles. The molecular formula is C11H9F6NO. The van der Waals surface area contributed by atoms with Crippen molar-refractivity contribution in [2.75, 3.05) is 0 Å². The van der Waals surface area contributed by atoms with Gasteiger partial charge in [0.25, 0.3) is 0 Å². The maximum absolute atomic E-state index is 12.5. The molecule has 0 saturated heterocycles. The van der Waals surface area contributed by atoms with Crippen molar-refractivity contribution in [1.29, 1.82) is 0 Å². The Labute approximate surface area is 104 Å². The van der Waals surface area contributed by atoms with Crippen LogP contribution >= 0.6 is 0 Å². The highest BCUT2D eigenvalue weighted by Crippen LogP contribution is 2.32. The largest absolute Gasteiger partial charge is 0.416 e. The van der Waals surface area contributed by atoms with Crippen molar-refractivity contribution < 1.29 is 31.1 Å². The number of alkyl halides is 6. The zero-order chi connectivity index (χ0) is 15.1. The molecule has 0 bridgehead atoms. The van der Waals surface area contributed by atoms with E-state index in [1.807, 2.05) is 0 Å². The smallest absolute Gasteiger partial charge is 0.311 e. The predicted molar refractivity (Wildman–Crippen MR) is 54.4 cm³/mol. The van der Waals surface area contributed by atoms with E-state index in [1.54, 1.807) is 0 Å². The van der Waals surface area contributed by atoms with E-state index in [2.05, 4.69) is 0 Å². The molecule has 2 N–H and O–H groups in total. The highest BCUT2D eigenvalue weighted by molar-refractivity contribution is 6.03. The monoisotopic (exact) mass is 285 g/mol. The maximum atomic E-state index is 12.5. The molecule has 1 aromatic rings. The first-order valence-corrected chi connectivity index (χ1v) is 4.95. The summed E-state index contributed by atoms with van der Waals surface area (Å²) in [5.74, 6) is -1.49. The molecule has 1 rings (SSSR count). The minimum absolute atomic E-state index is 0.465. The number of nitrogens with two attached hydrogens (primary N) is 1. The van der Waals surface area contributed by atoms with E-state index in [4.69, 9.17) is 5.73 Å². The zero-order valence-electron chi connectivity index (χ0n) is 9.56. The second kappa shape index (κ2) is 4.52. The minimum Gasteiger partial charge on any atom is -0.311 e. The molecule has 0 heterocycles. The highest BCUT2D eigenvalue weighted by atomic mass is 19.4. The van der Waals surface area contributed by atoms with Crippen LogP contribution in [0.3, 0.4) is 0 Å². The van der Waals surface area contributed by atoms with Gasteiger partial charge in [0.15, 0.2) is 11.3 Å². The van der Waals surface area contributed by atoms with Crippen LogP contribution < -0.4 is 5.73 Å². The molecule has 0 aromatic heterocycles. The third kappa shape index (κ3) is 3.06. The van der Waals surface area contributed by atoms with Gasteiger partial charge in [0.1, 0.15) is 0 Å². The van der Waals surface area contributed by atoms with Crippen molar-refractivity contribution in [1.82, 2.24) is 0 Å². The Morgan fingerprint density at radius 2 is 1.42 bits per heavy atom. The fourth-order valence-electron chi connectivity index (χ4n) is 1.24. The summed E-state index contributed by atoms with van der Waals surface area (Å²) in [5.41, 5.74) is 0.158. The van der Waals surface area contributed by atoms with E-state index < -0.39 is 34.8 Å². The van der Waals surface area contributed by atoms with Gasteiger partial charge in [0.05, 0.1) is 5.56 Å². The molecule has 0 spiro atoms. The van der Waals surface area contributed by atoms with Crippen LogP contribution in [-0.4, -0.2) is 17.5 Å². The van der Waals surface area contributed by atoms with Gasteiger partial charge in [-0.1, -0.05) is 12.1 Å². The summed E-state index contributed by atoms with van der Waals surface area (Å²) in [6, 6.07) is 2.39. The fourth-order valence-corrected chi connectivity index (χ4v) is 1.24. The topological polar surface area (TPSA) is 43.1 Å². The van der Waals surface area contributed by atoms with E-state index in [0.717, 1.165) is 0 Å². The van der Waals surface area contributed by atoms with Crippen LogP contribution in [0.15, 0.2) is 24.3 Å². The van der Waals surface area contributed by atoms with Crippen LogP contribution in [0, 0.1) is 0 Å². The molecule has 8 heteroatoms. The molecule has 0 radical (unpaired) electrons. The molecule has 2 nitrogen and oxygen atoms in total. The van der Waals surface area contributed by atoms with Gasteiger partial charge >= 0.3 is 12.4 Å². The second-order valence-electron chi connectivity index (χ2n) is 4.10. The molecule has 19 heavy (non-hydrogen) atoms. The Morgan fingerprint density at radius 3 is 1.74 bits per heavy atom. The third-order valence-corrected chi connectivity index (χ3v) is 2.53. The number of Topliss-reactive ketones (excluding diaryl/α,β-unsaturated/α-hetero) is 1. The predicted octanol–water partition coefficient (Wildman–Crippen LogP) is 3.17. The van der Waals surface area contributed by atoms with Crippen molar-refractivity contribution in [3.05, 3.63) is 35.4 Å². The summed E-state index contributed by atoms with van der Waals surface area (Å²) in [5, 5.41) is 0. The Balaban J connectivity index is 3.10. The van der Waals surface area contributed by atoms with Crippen LogP contribution in [0.25, 0.3) is 0 Å². The standard InChI is InChI=1S/C11H9F6NO/c1-9(18,11(15,16)17)8(19)6-2-4-7(5-3-6)10(12,13)14/h2-5H,18H2,1H3. The molecular weight excluding hydrogens is 276 g/mol. The number of hydrogen-bond donors (Lipinski definition) is 1. The fraction of sp³-hybridized carbons (Fsp3) is 0.364. The number of rotatable bonds is 2. The number of carbonyl (C=O) groups is 1. The van der Waals surface area contributed by atoms with Crippen molar-refractivity contribution in [2.24, 2.45) is 5.73 Å². The Morgan fingerprint density at radius 1 is 1.00 bits per heavy atom. The quantitative estimate of drug-likeness (QED) is 0.670. The molecule has 1 atom stereocenters. The van der Waals surface area contributed by atoms with E-state index in [1.165, 1.54) is 0 Å². The van der Waals surface area contributed by atoms with Gasteiger partial charge in [-0.25, -0.2) is 0 Å². The van der Waals surface area contributed by atoms with Crippen LogP contribution in [0.4, 0.5) is 26.3 Å². The van der Waals surface area contributed by atoms with Gasteiger partial charge in [0, 0.05) is 5.56 Å². The number of halogens is 6. The summed E-state index contributed by atoms with van der Waals surface area (Å²) < 4.78 is 74.3. The van der Waals surface area contributed by atoms with E-state index >= 15 is 0 Å². The van der Waals surface area contributed by atoms with Crippen molar-refractivity contribution >= 4 is 5.78 Å². The normalized spacial score (nSPS) is 16.0. The number of carbonyl (C=O) groups excluding carboxylic acids is 1. The average Bonchev–Trinajstić information content (AvgIpc) is 2.25. The Bertz CT molecular complexity index is 471.